The molecule has 176 valence electrons. The quantitative estimate of drug-likeness (QED) is 0.451. The molecule has 0 aliphatic heterocycles. The predicted molar refractivity (Wildman–Crippen MR) is 136 cm³/mol. The van der Waals surface area contributed by atoms with Gasteiger partial charge in [-0.15, -0.1) is 0 Å². The molecule has 0 amide bonds. The van der Waals surface area contributed by atoms with Gasteiger partial charge in [0.25, 0.3) is 8.32 Å². The highest BCUT2D eigenvalue weighted by Gasteiger charge is 2.51. The zero-order valence-corrected chi connectivity index (χ0v) is 21.9. The molecular formula is C27H41NO3Si. The van der Waals surface area contributed by atoms with E-state index in [2.05, 4.69) is 93.4 Å². The van der Waals surface area contributed by atoms with Gasteiger partial charge in [0.05, 0.1) is 12.7 Å². The third-order valence-electron chi connectivity index (χ3n) is 6.03. The van der Waals surface area contributed by atoms with Gasteiger partial charge in [0, 0.05) is 32.5 Å². The van der Waals surface area contributed by atoms with Gasteiger partial charge in [-0.3, -0.25) is 4.79 Å². The molecule has 0 aliphatic rings. The van der Waals surface area contributed by atoms with E-state index >= 15 is 0 Å². The van der Waals surface area contributed by atoms with Crippen LogP contribution in [0.4, 0.5) is 0 Å². The lowest BCUT2D eigenvalue weighted by molar-refractivity contribution is -0.123. The molecule has 0 radical (unpaired) electrons. The molecule has 2 aromatic rings. The average Bonchev–Trinajstić information content (AvgIpc) is 2.76. The molecule has 0 aromatic heterocycles. The van der Waals surface area contributed by atoms with E-state index in [4.69, 9.17) is 9.16 Å². The van der Waals surface area contributed by atoms with E-state index in [0.29, 0.717) is 19.6 Å². The zero-order valence-electron chi connectivity index (χ0n) is 20.9. The number of likely N-dealkylation sites (N-methyl/N-ethyl adjacent to an activating group) is 1. The van der Waals surface area contributed by atoms with Crippen molar-refractivity contribution in [3.05, 3.63) is 60.7 Å². The molecule has 2 rings (SSSR count). The average molecular weight is 456 g/mol. The number of benzene rings is 2. The number of hydrogen-bond acceptors (Lipinski definition) is 4. The number of methoxy groups -OCH3 is 1. The molecule has 0 spiro atoms. The first-order chi connectivity index (χ1) is 15.1. The zero-order chi connectivity index (χ0) is 23.8. The van der Waals surface area contributed by atoms with Gasteiger partial charge >= 0.3 is 0 Å². The van der Waals surface area contributed by atoms with Crippen molar-refractivity contribution in [3.8, 4) is 0 Å². The Balaban J connectivity index is 2.57. The normalized spacial score (nSPS) is 13.5. The van der Waals surface area contributed by atoms with Crippen LogP contribution in [0.3, 0.4) is 0 Å². The summed E-state index contributed by atoms with van der Waals surface area (Å²) in [7, 11) is 1.06. The summed E-state index contributed by atoms with van der Waals surface area (Å²) in [5, 5.41) is 2.35. The van der Waals surface area contributed by atoms with Crippen molar-refractivity contribution in [2.75, 3.05) is 33.9 Å². The Kier molecular flexibility index (Phi) is 9.83. The molecule has 0 fully saturated rings. The first kappa shape index (κ1) is 26.5. The van der Waals surface area contributed by atoms with Crippen LogP contribution in [0.25, 0.3) is 0 Å². The highest BCUT2D eigenvalue weighted by Crippen LogP contribution is 2.38. The molecule has 4 nitrogen and oxygen atoms in total. The lowest BCUT2D eigenvalue weighted by Gasteiger charge is -2.45. The molecule has 0 N–H and O–H groups in total. The Morgan fingerprint density at radius 2 is 1.47 bits per heavy atom. The second kappa shape index (κ2) is 11.9. The van der Waals surface area contributed by atoms with E-state index in [0.717, 1.165) is 6.54 Å². The van der Waals surface area contributed by atoms with Crippen LogP contribution >= 0.6 is 0 Å². The summed E-state index contributed by atoms with van der Waals surface area (Å²) in [5.74, 6) is 0.234. The number of carbonyl (C=O) groups excluding carboxylic acids is 1. The Hall–Kier alpha value is -1.79. The standard InChI is InChI=1S/C27H41NO3Si/c1-22(2)26(29)20-23(21-28(6)18-19-30-7)31-32(27(3,4)5,24-14-10-8-11-15-24)25-16-12-9-13-17-25/h8-17,22-23H,18-21H2,1-7H3. The fourth-order valence-corrected chi connectivity index (χ4v) is 8.90. The minimum atomic E-state index is -2.72. The van der Waals surface area contributed by atoms with Crippen molar-refractivity contribution in [2.45, 2.75) is 52.2 Å². The van der Waals surface area contributed by atoms with E-state index in [-0.39, 0.29) is 22.8 Å². The maximum atomic E-state index is 12.8. The molecule has 0 saturated carbocycles. The molecule has 0 heterocycles. The second-order valence-electron chi connectivity index (χ2n) is 9.98. The summed E-state index contributed by atoms with van der Waals surface area (Å²) < 4.78 is 12.5. The van der Waals surface area contributed by atoms with Gasteiger partial charge in [0.15, 0.2) is 0 Å². The first-order valence-corrected chi connectivity index (χ1v) is 13.5. The van der Waals surface area contributed by atoms with Crippen molar-refractivity contribution in [3.63, 3.8) is 0 Å². The first-order valence-electron chi connectivity index (χ1n) is 11.6. The minimum Gasteiger partial charge on any atom is -0.403 e. The Bertz CT molecular complexity index is 778. The van der Waals surface area contributed by atoms with Crippen molar-refractivity contribution in [2.24, 2.45) is 5.92 Å². The Morgan fingerprint density at radius 3 is 1.88 bits per heavy atom. The molecule has 1 unspecified atom stereocenters. The van der Waals surface area contributed by atoms with Crippen LogP contribution in [0.15, 0.2) is 60.7 Å². The number of Topliss-reactive ketones (excluding diaryl/α,β-unsaturated/α-hetero) is 1. The molecule has 32 heavy (non-hydrogen) atoms. The van der Waals surface area contributed by atoms with Crippen LogP contribution in [0.1, 0.15) is 41.0 Å². The van der Waals surface area contributed by atoms with Gasteiger partial charge in [-0.25, -0.2) is 0 Å². The Labute approximate surface area is 196 Å². The summed E-state index contributed by atoms with van der Waals surface area (Å²) in [5.41, 5.74) is 0. The van der Waals surface area contributed by atoms with Crippen LogP contribution in [0.5, 0.6) is 0 Å². The number of ketones is 1. The molecule has 2 aromatic carbocycles. The maximum Gasteiger partial charge on any atom is 0.261 e. The van der Waals surface area contributed by atoms with Crippen molar-refractivity contribution in [1.82, 2.24) is 4.90 Å². The van der Waals surface area contributed by atoms with Crippen LogP contribution in [0.2, 0.25) is 5.04 Å². The molecule has 5 heteroatoms. The van der Waals surface area contributed by atoms with Gasteiger partial charge < -0.3 is 14.1 Å². The monoisotopic (exact) mass is 455 g/mol. The highest BCUT2D eigenvalue weighted by molar-refractivity contribution is 6.99. The summed E-state index contributed by atoms with van der Waals surface area (Å²) in [6.45, 7) is 12.9. The van der Waals surface area contributed by atoms with Crippen molar-refractivity contribution >= 4 is 24.5 Å². The maximum absolute atomic E-state index is 12.8. The van der Waals surface area contributed by atoms with Gasteiger partial charge in [0.2, 0.25) is 0 Å². The van der Waals surface area contributed by atoms with Crippen LogP contribution in [-0.2, 0) is 14.0 Å². The fourth-order valence-electron chi connectivity index (χ4n) is 4.23. The van der Waals surface area contributed by atoms with Crippen LogP contribution in [-0.4, -0.2) is 59.0 Å². The smallest absolute Gasteiger partial charge is 0.261 e. The van der Waals surface area contributed by atoms with Crippen LogP contribution < -0.4 is 10.4 Å². The molecule has 1 atom stereocenters. The summed E-state index contributed by atoms with van der Waals surface area (Å²) in [6, 6.07) is 21.2. The number of rotatable bonds is 12. The summed E-state index contributed by atoms with van der Waals surface area (Å²) >= 11 is 0. The molecule has 0 aliphatic carbocycles. The number of carbonyl (C=O) groups is 1. The lowest BCUT2D eigenvalue weighted by atomic mass is 10.0. The Morgan fingerprint density at radius 1 is 0.969 bits per heavy atom. The third kappa shape index (κ3) is 6.61. The van der Waals surface area contributed by atoms with E-state index < -0.39 is 8.32 Å². The lowest BCUT2D eigenvalue weighted by Crippen LogP contribution is -2.68. The third-order valence-corrected chi connectivity index (χ3v) is 11.1. The van der Waals surface area contributed by atoms with Gasteiger partial charge in [-0.05, 0) is 22.5 Å². The van der Waals surface area contributed by atoms with Crippen molar-refractivity contribution < 1.29 is 14.0 Å². The van der Waals surface area contributed by atoms with E-state index in [1.165, 1.54) is 10.4 Å². The fraction of sp³-hybridized carbons (Fsp3) is 0.519. The predicted octanol–water partition coefficient (Wildman–Crippen LogP) is 4.13. The SMILES string of the molecule is COCCN(C)CC(CC(=O)C(C)C)O[Si](c1ccccc1)(c1ccccc1)C(C)(C)C. The highest BCUT2D eigenvalue weighted by atomic mass is 28.4. The van der Waals surface area contributed by atoms with E-state index in [1.807, 2.05) is 13.8 Å². The van der Waals surface area contributed by atoms with Gasteiger partial charge in [-0.2, -0.15) is 0 Å². The molecular weight excluding hydrogens is 414 g/mol. The second-order valence-corrected chi connectivity index (χ2v) is 14.2. The molecule has 0 bridgehead atoms. The molecule has 0 saturated heterocycles. The number of hydrogen-bond donors (Lipinski definition) is 0. The minimum absolute atomic E-state index is 0.00969. The van der Waals surface area contributed by atoms with Crippen molar-refractivity contribution in [1.29, 1.82) is 0 Å². The van der Waals surface area contributed by atoms with Gasteiger partial charge in [-0.1, -0.05) is 95.3 Å². The summed E-state index contributed by atoms with van der Waals surface area (Å²) in [4.78, 5) is 15.1. The summed E-state index contributed by atoms with van der Waals surface area (Å²) in [6.07, 6.45) is 0.220. The van der Waals surface area contributed by atoms with E-state index in [1.54, 1.807) is 7.11 Å². The number of ether oxygens (including phenoxy) is 1. The van der Waals surface area contributed by atoms with E-state index in [9.17, 15) is 4.79 Å². The van der Waals surface area contributed by atoms with Gasteiger partial charge in [0.1, 0.15) is 5.78 Å². The number of nitrogens with zero attached hydrogens (tertiary/aromatic N) is 1. The topological polar surface area (TPSA) is 38.8 Å². The van der Waals surface area contributed by atoms with Crippen LogP contribution in [0, 0.1) is 5.92 Å². The largest absolute Gasteiger partial charge is 0.403 e.